The number of ether oxygens (including phenoxy) is 1. The third-order valence-corrected chi connectivity index (χ3v) is 6.38. The van der Waals surface area contributed by atoms with Gasteiger partial charge in [-0.05, 0) is 50.1 Å². The van der Waals surface area contributed by atoms with Crippen LogP contribution in [0, 0.1) is 12.8 Å². The van der Waals surface area contributed by atoms with Gasteiger partial charge in [-0.15, -0.1) is 11.3 Å². The first-order valence-electron chi connectivity index (χ1n) is 9.29. The van der Waals surface area contributed by atoms with Crippen molar-refractivity contribution in [3.63, 3.8) is 0 Å². The zero-order valence-electron chi connectivity index (χ0n) is 15.9. The summed E-state index contributed by atoms with van der Waals surface area (Å²) in [6.45, 7) is 3.74. The molecule has 0 unspecified atom stereocenters. The van der Waals surface area contributed by atoms with Crippen molar-refractivity contribution in [3.8, 4) is 5.75 Å². The van der Waals surface area contributed by atoms with Crippen molar-refractivity contribution in [1.82, 2.24) is 4.98 Å². The number of carbonyl (C=O) groups is 1. The smallest absolute Gasteiger partial charge is 0.227 e. The van der Waals surface area contributed by atoms with Gasteiger partial charge in [-0.25, -0.2) is 4.98 Å². The van der Waals surface area contributed by atoms with Crippen molar-refractivity contribution in [2.45, 2.75) is 19.8 Å². The molecule has 1 N–H and O–H groups in total. The number of aryl methyl sites for hydroxylation is 1. The molecule has 28 heavy (non-hydrogen) atoms. The van der Waals surface area contributed by atoms with Crippen molar-refractivity contribution >= 4 is 50.4 Å². The number of hydrogen-bond donors (Lipinski definition) is 1. The number of carbonyl (C=O) groups excluding carboxylic acids is 1. The van der Waals surface area contributed by atoms with Gasteiger partial charge in [0.2, 0.25) is 5.91 Å². The first kappa shape index (κ1) is 19.0. The highest BCUT2D eigenvalue weighted by Crippen LogP contribution is 2.34. The van der Waals surface area contributed by atoms with Crippen LogP contribution in [0.5, 0.6) is 5.75 Å². The summed E-state index contributed by atoms with van der Waals surface area (Å²) in [6, 6.07) is 9.49. The van der Waals surface area contributed by atoms with E-state index in [0.29, 0.717) is 16.5 Å². The first-order chi connectivity index (χ1) is 13.5. The molecule has 0 bridgehead atoms. The molecule has 1 aromatic carbocycles. The lowest BCUT2D eigenvalue weighted by Crippen LogP contribution is -2.38. The van der Waals surface area contributed by atoms with Gasteiger partial charge in [0.25, 0.3) is 0 Å². The Morgan fingerprint density at radius 1 is 1.29 bits per heavy atom. The van der Waals surface area contributed by atoms with Crippen LogP contribution in [0.4, 0.5) is 11.5 Å². The van der Waals surface area contributed by atoms with Crippen molar-refractivity contribution in [1.29, 1.82) is 0 Å². The molecule has 1 amide bonds. The van der Waals surface area contributed by atoms with E-state index in [0.717, 1.165) is 31.7 Å². The summed E-state index contributed by atoms with van der Waals surface area (Å²) in [5.41, 5.74) is 0.614. The van der Waals surface area contributed by atoms with Crippen LogP contribution in [0.1, 0.15) is 17.7 Å². The molecule has 3 aromatic rings. The molecule has 1 saturated heterocycles. The van der Waals surface area contributed by atoms with E-state index in [-0.39, 0.29) is 11.8 Å². The van der Waals surface area contributed by atoms with Gasteiger partial charge in [-0.1, -0.05) is 11.6 Å². The fourth-order valence-electron chi connectivity index (χ4n) is 3.69. The Morgan fingerprint density at radius 2 is 2.07 bits per heavy atom. The maximum absolute atomic E-state index is 12.8. The summed E-state index contributed by atoms with van der Waals surface area (Å²) in [5, 5.41) is 4.75. The molecule has 0 spiro atoms. The number of amides is 1. The number of nitrogens with zero attached hydrogens (tertiary/aromatic N) is 2. The molecule has 146 valence electrons. The summed E-state index contributed by atoms with van der Waals surface area (Å²) in [5.74, 6) is 1.61. The van der Waals surface area contributed by atoms with Crippen molar-refractivity contribution < 1.29 is 9.53 Å². The Hall–Kier alpha value is -2.31. The number of methoxy groups -OCH3 is 1. The second-order valence-corrected chi connectivity index (χ2v) is 8.72. The topological polar surface area (TPSA) is 54.5 Å². The molecule has 7 heteroatoms. The minimum absolute atomic E-state index is 0.0118. The number of piperidine rings is 1. The van der Waals surface area contributed by atoms with Crippen molar-refractivity contribution in [2.75, 3.05) is 30.4 Å². The van der Waals surface area contributed by atoms with Gasteiger partial charge in [-0.2, -0.15) is 0 Å². The summed E-state index contributed by atoms with van der Waals surface area (Å²) in [4.78, 5) is 21.0. The molecule has 5 nitrogen and oxygen atoms in total. The van der Waals surface area contributed by atoms with Gasteiger partial charge in [0.05, 0.1) is 12.8 Å². The van der Waals surface area contributed by atoms with Gasteiger partial charge in [-0.3, -0.25) is 4.79 Å². The van der Waals surface area contributed by atoms with Crippen LogP contribution >= 0.6 is 22.9 Å². The summed E-state index contributed by atoms with van der Waals surface area (Å²) < 4.78 is 6.58. The molecular weight excluding hydrogens is 394 g/mol. The van der Waals surface area contributed by atoms with E-state index in [9.17, 15) is 4.79 Å². The van der Waals surface area contributed by atoms with E-state index in [1.807, 2.05) is 6.20 Å². The van der Waals surface area contributed by atoms with Gasteiger partial charge < -0.3 is 15.0 Å². The molecule has 4 rings (SSSR count). The number of aromatic nitrogens is 1. The highest BCUT2D eigenvalue weighted by atomic mass is 35.5. The fraction of sp³-hybridized carbons (Fsp3) is 0.333. The minimum Gasteiger partial charge on any atom is -0.495 e. The predicted molar refractivity (Wildman–Crippen MR) is 116 cm³/mol. The quantitative estimate of drug-likeness (QED) is 0.642. The van der Waals surface area contributed by atoms with Crippen LogP contribution < -0.4 is 15.0 Å². The maximum Gasteiger partial charge on any atom is 0.227 e. The average Bonchev–Trinajstić information content (AvgIpc) is 3.08. The van der Waals surface area contributed by atoms with E-state index in [1.165, 1.54) is 15.0 Å². The van der Waals surface area contributed by atoms with E-state index in [1.54, 1.807) is 36.6 Å². The molecule has 1 aliphatic heterocycles. The fourth-order valence-corrected chi connectivity index (χ4v) is 4.78. The lowest BCUT2D eigenvalue weighted by Gasteiger charge is -2.32. The SMILES string of the molecule is COc1ccc(Cl)cc1NC(=O)C1CCN(c2nccc3sc(C)cc23)CC1. The first-order valence-corrected chi connectivity index (χ1v) is 10.5. The van der Waals surface area contributed by atoms with Gasteiger partial charge in [0.15, 0.2) is 0 Å². The molecule has 1 fully saturated rings. The summed E-state index contributed by atoms with van der Waals surface area (Å²) in [7, 11) is 1.58. The number of benzene rings is 1. The number of rotatable bonds is 4. The van der Waals surface area contributed by atoms with Crippen LogP contribution in [0.15, 0.2) is 36.5 Å². The number of halogens is 1. The van der Waals surface area contributed by atoms with Crippen LogP contribution in [-0.2, 0) is 4.79 Å². The Morgan fingerprint density at radius 3 is 2.82 bits per heavy atom. The monoisotopic (exact) mass is 415 g/mol. The number of nitrogens with one attached hydrogen (secondary N) is 1. The van der Waals surface area contributed by atoms with E-state index in [2.05, 4.69) is 34.3 Å². The summed E-state index contributed by atoms with van der Waals surface area (Å²) in [6.07, 6.45) is 3.45. The lowest BCUT2D eigenvalue weighted by atomic mass is 9.95. The number of pyridine rings is 1. The zero-order chi connectivity index (χ0) is 19.7. The predicted octanol–water partition coefficient (Wildman–Crippen LogP) is 5.12. The molecule has 0 atom stereocenters. The zero-order valence-corrected chi connectivity index (χ0v) is 17.4. The number of fused-ring (bicyclic) bond motifs is 1. The molecule has 0 saturated carbocycles. The van der Waals surface area contributed by atoms with Crippen LogP contribution in [0.3, 0.4) is 0 Å². The number of thiophene rings is 1. The van der Waals surface area contributed by atoms with Crippen LogP contribution in [0.25, 0.3) is 10.1 Å². The molecule has 0 radical (unpaired) electrons. The normalized spacial score (nSPS) is 15.0. The number of hydrogen-bond acceptors (Lipinski definition) is 5. The number of anilines is 2. The van der Waals surface area contributed by atoms with Crippen LogP contribution in [-0.4, -0.2) is 31.1 Å². The minimum atomic E-state index is -0.0386. The molecule has 0 aliphatic carbocycles. The second-order valence-electron chi connectivity index (χ2n) is 7.00. The molecular formula is C21H22ClN3O2S. The van der Waals surface area contributed by atoms with E-state index < -0.39 is 0 Å². The van der Waals surface area contributed by atoms with E-state index in [4.69, 9.17) is 16.3 Å². The van der Waals surface area contributed by atoms with Gasteiger partial charge in [0.1, 0.15) is 11.6 Å². The average molecular weight is 416 g/mol. The Kier molecular flexibility index (Phi) is 5.42. The standard InChI is InChI=1S/C21H22ClN3O2S/c1-13-11-16-19(28-13)5-8-23-20(16)25-9-6-14(7-10-25)21(26)24-17-12-15(22)3-4-18(17)27-2/h3-5,8,11-12,14H,6-7,9-10H2,1-2H3,(H,24,26). The van der Waals surface area contributed by atoms with E-state index >= 15 is 0 Å². The van der Waals surface area contributed by atoms with Gasteiger partial charge >= 0.3 is 0 Å². The Balaban J connectivity index is 1.44. The largest absolute Gasteiger partial charge is 0.495 e. The van der Waals surface area contributed by atoms with Crippen molar-refractivity contribution in [3.05, 3.63) is 46.4 Å². The third-order valence-electron chi connectivity index (χ3n) is 5.13. The van der Waals surface area contributed by atoms with Crippen LogP contribution in [0.2, 0.25) is 5.02 Å². The highest BCUT2D eigenvalue weighted by Gasteiger charge is 2.27. The lowest BCUT2D eigenvalue weighted by molar-refractivity contribution is -0.120. The molecule has 1 aliphatic rings. The molecule has 3 heterocycles. The maximum atomic E-state index is 12.8. The third kappa shape index (κ3) is 3.80. The Labute approximate surface area is 173 Å². The Bertz CT molecular complexity index is 1010. The summed E-state index contributed by atoms with van der Waals surface area (Å²) >= 11 is 7.85. The van der Waals surface area contributed by atoms with Crippen molar-refractivity contribution in [2.24, 2.45) is 5.92 Å². The second kappa shape index (κ2) is 7.97. The molecule has 2 aromatic heterocycles. The van der Waals surface area contributed by atoms with Gasteiger partial charge in [0, 0.05) is 45.2 Å². The highest BCUT2D eigenvalue weighted by molar-refractivity contribution is 7.19.